The fourth-order valence-electron chi connectivity index (χ4n) is 1.53. The number of ether oxygens (including phenoxy) is 1. The number of hydrogen-bond donors (Lipinski definition) is 1. The maximum Gasteiger partial charge on any atom is 0.0742 e. The lowest BCUT2D eigenvalue weighted by Crippen LogP contribution is -2.03. The van der Waals surface area contributed by atoms with E-state index in [-0.39, 0.29) is 0 Å². The summed E-state index contributed by atoms with van der Waals surface area (Å²) in [6, 6.07) is 2.04. The highest BCUT2D eigenvalue weighted by Crippen LogP contribution is 2.22. The number of rotatable bonds is 1. The van der Waals surface area contributed by atoms with Crippen molar-refractivity contribution in [2.75, 3.05) is 0 Å². The van der Waals surface area contributed by atoms with Crippen LogP contribution in [0, 0.1) is 6.92 Å². The van der Waals surface area contributed by atoms with Gasteiger partial charge in [0.25, 0.3) is 0 Å². The van der Waals surface area contributed by atoms with E-state index in [0.29, 0.717) is 19.8 Å². The van der Waals surface area contributed by atoms with E-state index in [2.05, 4.69) is 4.98 Å². The van der Waals surface area contributed by atoms with Crippen LogP contribution < -0.4 is 5.73 Å². The van der Waals surface area contributed by atoms with Crippen molar-refractivity contribution in [2.45, 2.75) is 26.7 Å². The van der Waals surface area contributed by atoms with Crippen LogP contribution in [0.3, 0.4) is 0 Å². The largest absolute Gasteiger partial charge is 0.372 e. The van der Waals surface area contributed by atoms with Gasteiger partial charge in [-0.2, -0.15) is 0 Å². The first-order valence-corrected chi connectivity index (χ1v) is 4.07. The van der Waals surface area contributed by atoms with Gasteiger partial charge in [-0.25, -0.2) is 0 Å². The zero-order valence-electron chi connectivity index (χ0n) is 7.13. The van der Waals surface area contributed by atoms with E-state index < -0.39 is 0 Å². The van der Waals surface area contributed by atoms with Crippen LogP contribution >= 0.6 is 0 Å². The van der Waals surface area contributed by atoms with Crippen LogP contribution in [0.25, 0.3) is 0 Å². The molecule has 0 saturated heterocycles. The molecule has 0 unspecified atom stereocenters. The monoisotopic (exact) mass is 164 g/mol. The molecule has 0 aliphatic carbocycles. The minimum Gasteiger partial charge on any atom is -0.372 e. The molecule has 0 amide bonds. The first-order chi connectivity index (χ1) is 5.81. The molecule has 0 fully saturated rings. The molecular formula is C9H12N2O. The summed E-state index contributed by atoms with van der Waals surface area (Å²) < 4.78 is 5.31. The van der Waals surface area contributed by atoms with Crippen molar-refractivity contribution in [1.29, 1.82) is 0 Å². The van der Waals surface area contributed by atoms with Gasteiger partial charge in [-0.3, -0.25) is 4.98 Å². The van der Waals surface area contributed by atoms with Crippen LogP contribution in [0.5, 0.6) is 0 Å². The van der Waals surface area contributed by atoms with E-state index in [4.69, 9.17) is 10.5 Å². The Morgan fingerprint density at radius 3 is 3.17 bits per heavy atom. The average Bonchev–Trinajstić information content (AvgIpc) is 2.52. The second kappa shape index (κ2) is 2.84. The van der Waals surface area contributed by atoms with Gasteiger partial charge in [0, 0.05) is 17.8 Å². The summed E-state index contributed by atoms with van der Waals surface area (Å²) in [5, 5.41) is 0. The van der Waals surface area contributed by atoms with Gasteiger partial charge >= 0.3 is 0 Å². The molecule has 3 nitrogen and oxygen atoms in total. The van der Waals surface area contributed by atoms with Crippen molar-refractivity contribution in [3.05, 3.63) is 28.6 Å². The van der Waals surface area contributed by atoms with Crippen LogP contribution in [0.15, 0.2) is 6.07 Å². The molecule has 2 rings (SSSR count). The number of pyridine rings is 1. The van der Waals surface area contributed by atoms with Crippen LogP contribution in [-0.4, -0.2) is 4.98 Å². The third-order valence-corrected chi connectivity index (χ3v) is 2.19. The fourth-order valence-corrected chi connectivity index (χ4v) is 1.53. The molecule has 0 bridgehead atoms. The number of aryl methyl sites for hydroxylation is 1. The summed E-state index contributed by atoms with van der Waals surface area (Å²) in [4.78, 5) is 4.36. The molecule has 1 aromatic rings. The molecule has 1 aliphatic rings. The second-order valence-corrected chi connectivity index (χ2v) is 3.03. The third-order valence-electron chi connectivity index (χ3n) is 2.19. The summed E-state index contributed by atoms with van der Waals surface area (Å²) in [6.07, 6.45) is 0. The molecule has 1 aliphatic heterocycles. The van der Waals surface area contributed by atoms with E-state index >= 15 is 0 Å². The number of hydrogen-bond acceptors (Lipinski definition) is 3. The van der Waals surface area contributed by atoms with Gasteiger partial charge < -0.3 is 10.5 Å². The molecular weight excluding hydrogens is 152 g/mol. The summed E-state index contributed by atoms with van der Waals surface area (Å²) >= 11 is 0. The Bertz CT molecular complexity index is 310. The Kier molecular flexibility index (Phi) is 1.83. The Morgan fingerprint density at radius 2 is 2.42 bits per heavy atom. The van der Waals surface area contributed by atoms with E-state index in [0.717, 1.165) is 11.4 Å². The van der Waals surface area contributed by atoms with Crippen LogP contribution in [0.2, 0.25) is 0 Å². The molecule has 0 saturated carbocycles. The van der Waals surface area contributed by atoms with Gasteiger partial charge in [0.15, 0.2) is 0 Å². The highest BCUT2D eigenvalue weighted by Gasteiger charge is 2.14. The van der Waals surface area contributed by atoms with Crippen LogP contribution in [0.4, 0.5) is 0 Å². The number of fused-ring (bicyclic) bond motifs is 1. The van der Waals surface area contributed by atoms with Crippen molar-refractivity contribution < 1.29 is 4.74 Å². The highest BCUT2D eigenvalue weighted by atomic mass is 16.5. The molecule has 2 heterocycles. The predicted octanol–water partition coefficient (Wildman–Crippen LogP) is 0.879. The lowest BCUT2D eigenvalue weighted by molar-refractivity contribution is 0.134. The summed E-state index contributed by atoms with van der Waals surface area (Å²) in [5.74, 6) is 0. The van der Waals surface area contributed by atoms with E-state index in [9.17, 15) is 0 Å². The second-order valence-electron chi connectivity index (χ2n) is 3.03. The molecule has 2 N–H and O–H groups in total. The zero-order chi connectivity index (χ0) is 8.55. The van der Waals surface area contributed by atoms with Crippen molar-refractivity contribution in [2.24, 2.45) is 5.73 Å². The van der Waals surface area contributed by atoms with E-state index in [1.165, 1.54) is 11.1 Å². The standard InChI is InChI=1S/C9H12N2O/c1-6-9-5-12-4-7(9)2-8(3-10)11-6/h2H,3-5,10H2,1H3. The van der Waals surface area contributed by atoms with Gasteiger partial charge in [-0.1, -0.05) is 0 Å². The lowest BCUT2D eigenvalue weighted by Gasteiger charge is -2.03. The minimum absolute atomic E-state index is 0.508. The Balaban J connectivity index is 2.51. The summed E-state index contributed by atoms with van der Waals surface area (Å²) in [6.45, 7) is 3.94. The van der Waals surface area contributed by atoms with Crippen molar-refractivity contribution in [3.63, 3.8) is 0 Å². The predicted molar refractivity (Wildman–Crippen MR) is 45.4 cm³/mol. The molecule has 0 spiro atoms. The topological polar surface area (TPSA) is 48.1 Å². The van der Waals surface area contributed by atoms with Crippen molar-refractivity contribution in [3.8, 4) is 0 Å². The first kappa shape index (κ1) is 7.71. The SMILES string of the molecule is Cc1nc(CN)cc2c1COC2. The molecule has 64 valence electrons. The Hall–Kier alpha value is -0.930. The third kappa shape index (κ3) is 1.11. The van der Waals surface area contributed by atoms with E-state index in [1.807, 2.05) is 13.0 Å². The Labute approximate surface area is 71.6 Å². The summed E-state index contributed by atoms with van der Waals surface area (Å²) in [5.41, 5.74) is 10.0. The van der Waals surface area contributed by atoms with Gasteiger partial charge in [0.05, 0.1) is 18.9 Å². The van der Waals surface area contributed by atoms with Crippen molar-refractivity contribution in [1.82, 2.24) is 4.98 Å². The minimum atomic E-state index is 0.508. The maximum absolute atomic E-state index is 5.51. The van der Waals surface area contributed by atoms with Crippen molar-refractivity contribution >= 4 is 0 Å². The molecule has 1 aromatic heterocycles. The fraction of sp³-hybridized carbons (Fsp3) is 0.444. The van der Waals surface area contributed by atoms with Crippen LogP contribution in [0.1, 0.15) is 22.5 Å². The quantitative estimate of drug-likeness (QED) is 0.670. The average molecular weight is 164 g/mol. The molecule has 0 radical (unpaired) electrons. The zero-order valence-corrected chi connectivity index (χ0v) is 7.13. The van der Waals surface area contributed by atoms with Gasteiger partial charge in [-0.05, 0) is 18.6 Å². The van der Waals surface area contributed by atoms with E-state index in [1.54, 1.807) is 0 Å². The Morgan fingerprint density at radius 1 is 1.58 bits per heavy atom. The number of nitrogens with two attached hydrogens (primary N) is 1. The normalized spacial score (nSPS) is 14.8. The lowest BCUT2D eigenvalue weighted by atomic mass is 10.1. The van der Waals surface area contributed by atoms with Gasteiger partial charge in [0.1, 0.15) is 0 Å². The number of nitrogens with zero attached hydrogens (tertiary/aromatic N) is 1. The smallest absolute Gasteiger partial charge is 0.0742 e. The molecule has 3 heteroatoms. The van der Waals surface area contributed by atoms with Crippen LogP contribution in [-0.2, 0) is 24.5 Å². The molecule has 12 heavy (non-hydrogen) atoms. The maximum atomic E-state index is 5.51. The highest BCUT2D eigenvalue weighted by molar-refractivity contribution is 5.33. The van der Waals surface area contributed by atoms with Gasteiger partial charge in [-0.15, -0.1) is 0 Å². The van der Waals surface area contributed by atoms with Gasteiger partial charge in [0.2, 0.25) is 0 Å². The first-order valence-electron chi connectivity index (χ1n) is 4.07. The summed E-state index contributed by atoms with van der Waals surface area (Å²) in [7, 11) is 0. The number of aromatic nitrogens is 1. The molecule has 0 atom stereocenters. The molecule has 0 aromatic carbocycles.